The molecule has 0 atom stereocenters. The van der Waals surface area contributed by atoms with Gasteiger partial charge in [0.25, 0.3) is 31.2 Å². The third kappa shape index (κ3) is 7.77. The van der Waals surface area contributed by atoms with E-state index in [0.717, 1.165) is 19.3 Å². The summed E-state index contributed by atoms with van der Waals surface area (Å²) >= 11 is 0. The Kier molecular flexibility index (Phi) is 10.5. The number of hydrogen-bond acceptors (Lipinski definition) is 6. The van der Waals surface area contributed by atoms with Gasteiger partial charge in [-0.3, -0.25) is 9.59 Å². The van der Waals surface area contributed by atoms with Gasteiger partial charge in [0.2, 0.25) is 0 Å². The number of nitrogens with zero attached hydrogens (tertiary/aromatic N) is 4. The lowest BCUT2D eigenvalue weighted by molar-refractivity contribution is -0.123. The molecule has 0 heterocycles. The molecule has 1 rings (SSSR count). The van der Waals surface area contributed by atoms with Gasteiger partial charge in [0.05, 0.1) is 10.00 Å². The molecule has 0 aliphatic heterocycles. The SMILES string of the molecule is CC(C)(C)C(=O)C(=[N+]=[N-])S(=O)(=O)C(C)(C)C.CC(C)(C)C(=O)C(=[N+]=[N-])S(=O)(=O)C1CCCCC1. The van der Waals surface area contributed by atoms with Crippen molar-refractivity contribution < 1.29 is 36.0 Å². The third-order valence-corrected chi connectivity index (χ3v) is 9.80. The van der Waals surface area contributed by atoms with E-state index in [-0.39, 0.29) is 0 Å². The van der Waals surface area contributed by atoms with E-state index in [1.165, 1.54) is 20.8 Å². The molecule has 194 valence electrons. The van der Waals surface area contributed by atoms with Crippen molar-refractivity contribution in [3.05, 3.63) is 11.1 Å². The first-order valence-electron chi connectivity index (χ1n) is 11.1. The molecule has 1 aliphatic carbocycles. The van der Waals surface area contributed by atoms with Gasteiger partial charge in [-0.05, 0) is 33.6 Å². The summed E-state index contributed by atoms with van der Waals surface area (Å²) in [5.41, 5.74) is 15.9. The first-order chi connectivity index (χ1) is 15.1. The lowest BCUT2D eigenvalue weighted by atomic mass is 9.91. The Hall–Kier alpha value is -2.00. The van der Waals surface area contributed by atoms with Crippen molar-refractivity contribution >= 4 is 41.3 Å². The van der Waals surface area contributed by atoms with Crippen molar-refractivity contribution in [3.8, 4) is 0 Å². The number of hydrogen-bond donors (Lipinski definition) is 0. The van der Waals surface area contributed by atoms with Crippen LogP contribution in [0.25, 0.3) is 11.1 Å². The fourth-order valence-electron chi connectivity index (χ4n) is 2.92. The van der Waals surface area contributed by atoms with Crippen LogP contribution in [0.4, 0.5) is 0 Å². The first kappa shape index (κ1) is 32.0. The van der Waals surface area contributed by atoms with Crippen LogP contribution >= 0.6 is 0 Å². The highest BCUT2D eigenvalue weighted by molar-refractivity contribution is 8.09. The molecule has 0 aromatic carbocycles. The summed E-state index contributed by atoms with van der Waals surface area (Å²) in [6.45, 7) is 13.9. The van der Waals surface area contributed by atoms with Gasteiger partial charge < -0.3 is 11.1 Å². The summed E-state index contributed by atoms with van der Waals surface area (Å²) in [4.78, 5) is 29.3. The molecular formula is C22H38N4O6S2. The van der Waals surface area contributed by atoms with Gasteiger partial charge in [0, 0.05) is 10.8 Å². The average Bonchev–Trinajstić information content (AvgIpc) is 2.67. The number of rotatable bonds is 3. The number of sulfone groups is 2. The molecule has 10 nitrogen and oxygen atoms in total. The van der Waals surface area contributed by atoms with Crippen LogP contribution in [0.2, 0.25) is 0 Å². The summed E-state index contributed by atoms with van der Waals surface area (Å²) in [6.07, 6.45) is 3.78. The first-order valence-corrected chi connectivity index (χ1v) is 14.1. The standard InChI is InChI=1S/C12H20N2O3S.C10H18N2O3S/c1-12(2,3)10(15)11(14-13)18(16,17)9-7-5-4-6-8-9;1-9(2,3)7(13)8(12-11)16(14,15)10(4,5)6/h9H,4-8H2,1-3H3;1-6H3. The summed E-state index contributed by atoms with van der Waals surface area (Å²) in [7, 11) is -7.73. The lowest BCUT2D eigenvalue weighted by Gasteiger charge is -2.20. The normalized spacial score (nSPS) is 15.8. The van der Waals surface area contributed by atoms with E-state index in [4.69, 9.17) is 11.1 Å². The number of carbonyl (C=O) groups excluding carboxylic acids is 2. The third-order valence-electron chi connectivity index (χ3n) is 5.25. The zero-order valence-electron chi connectivity index (χ0n) is 21.7. The zero-order chi connectivity index (χ0) is 27.3. The topological polar surface area (TPSA) is 175 Å². The van der Waals surface area contributed by atoms with Crippen LogP contribution in [0.15, 0.2) is 0 Å². The smallest absolute Gasteiger partial charge is 0.360 e. The molecule has 0 aromatic heterocycles. The summed E-state index contributed by atoms with van der Waals surface area (Å²) < 4.78 is 47.3. The van der Waals surface area contributed by atoms with Gasteiger partial charge in [-0.2, -0.15) is 0 Å². The minimum absolute atomic E-state index is 0.540. The van der Waals surface area contributed by atoms with Crippen LogP contribution in [0.1, 0.15) is 94.4 Å². The summed E-state index contributed by atoms with van der Waals surface area (Å²) in [5, 5.41) is -2.03. The molecule has 0 spiro atoms. The van der Waals surface area contributed by atoms with Crippen LogP contribution in [0.3, 0.4) is 0 Å². The molecule has 1 saturated carbocycles. The predicted octanol–water partition coefficient (Wildman–Crippen LogP) is 3.42. The molecule has 0 saturated heterocycles. The highest BCUT2D eigenvalue weighted by atomic mass is 32.2. The Morgan fingerprint density at radius 3 is 1.32 bits per heavy atom. The molecule has 1 aliphatic rings. The van der Waals surface area contributed by atoms with Crippen molar-refractivity contribution in [2.45, 2.75) is 104 Å². The highest BCUT2D eigenvalue weighted by Crippen LogP contribution is 2.27. The largest absolute Gasteiger partial charge is 0.448 e. The molecule has 0 N–H and O–H groups in total. The summed E-state index contributed by atoms with van der Waals surface area (Å²) in [5.74, 6) is -1.32. The fourth-order valence-corrected chi connectivity index (χ4v) is 6.10. The van der Waals surface area contributed by atoms with E-state index in [9.17, 15) is 26.4 Å². The van der Waals surface area contributed by atoms with E-state index in [2.05, 4.69) is 9.58 Å². The van der Waals surface area contributed by atoms with E-state index in [1.807, 2.05) is 0 Å². The van der Waals surface area contributed by atoms with Gasteiger partial charge in [-0.15, -0.1) is 9.58 Å². The molecule has 0 unspecified atom stereocenters. The summed E-state index contributed by atoms with van der Waals surface area (Å²) in [6, 6.07) is 0. The quantitative estimate of drug-likeness (QED) is 0.239. The van der Waals surface area contributed by atoms with Gasteiger partial charge in [0.15, 0.2) is 0 Å². The van der Waals surface area contributed by atoms with Crippen molar-refractivity contribution in [3.63, 3.8) is 0 Å². The van der Waals surface area contributed by atoms with Crippen LogP contribution in [0.5, 0.6) is 0 Å². The van der Waals surface area contributed by atoms with E-state index in [1.54, 1.807) is 41.5 Å². The van der Waals surface area contributed by atoms with Crippen LogP contribution < -0.4 is 0 Å². The minimum Gasteiger partial charge on any atom is -0.360 e. The molecule has 34 heavy (non-hydrogen) atoms. The Morgan fingerprint density at radius 1 is 0.676 bits per heavy atom. The second-order valence-electron chi connectivity index (χ2n) is 11.4. The maximum absolute atomic E-state index is 12.3. The van der Waals surface area contributed by atoms with Gasteiger partial charge in [-0.1, -0.05) is 60.8 Å². The lowest BCUT2D eigenvalue weighted by Crippen LogP contribution is -2.42. The van der Waals surface area contributed by atoms with Crippen LogP contribution in [-0.2, 0) is 29.3 Å². The van der Waals surface area contributed by atoms with E-state index >= 15 is 0 Å². The predicted molar refractivity (Wildman–Crippen MR) is 131 cm³/mol. The maximum Gasteiger partial charge on any atom is 0.448 e. The van der Waals surface area contributed by atoms with Crippen molar-refractivity contribution in [1.29, 1.82) is 0 Å². The maximum atomic E-state index is 12.3. The molecule has 12 heteroatoms. The molecular weight excluding hydrogens is 480 g/mol. The highest BCUT2D eigenvalue weighted by Gasteiger charge is 2.48. The van der Waals surface area contributed by atoms with Crippen molar-refractivity contribution in [1.82, 2.24) is 0 Å². The number of ketones is 2. The monoisotopic (exact) mass is 518 g/mol. The molecule has 0 amide bonds. The number of Topliss-reactive ketones (excluding diaryl/α,β-unsaturated/α-hetero) is 2. The average molecular weight is 519 g/mol. The molecule has 0 aromatic rings. The van der Waals surface area contributed by atoms with Gasteiger partial charge in [0.1, 0.15) is 0 Å². The Morgan fingerprint density at radius 2 is 1.03 bits per heavy atom. The number of carbonyl (C=O) groups is 2. The second-order valence-corrected chi connectivity index (χ2v) is 16.2. The van der Waals surface area contributed by atoms with Crippen molar-refractivity contribution in [2.24, 2.45) is 10.8 Å². The van der Waals surface area contributed by atoms with Crippen LogP contribution in [-0.4, -0.2) is 58.1 Å². The second kappa shape index (κ2) is 11.2. The fraction of sp³-hybridized carbons (Fsp3) is 0.818. The van der Waals surface area contributed by atoms with E-state index < -0.39 is 62.2 Å². The Bertz CT molecular complexity index is 1100. The van der Waals surface area contributed by atoms with Crippen LogP contribution in [0, 0.1) is 10.8 Å². The molecule has 1 fully saturated rings. The van der Waals surface area contributed by atoms with E-state index in [0.29, 0.717) is 12.8 Å². The van der Waals surface area contributed by atoms with Gasteiger partial charge >= 0.3 is 10.1 Å². The molecule has 0 bridgehead atoms. The Labute approximate surface area is 203 Å². The van der Waals surface area contributed by atoms with Crippen molar-refractivity contribution in [2.75, 3.05) is 0 Å². The van der Waals surface area contributed by atoms with Gasteiger partial charge in [-0.25, -0.2) is 16.8 Å². The molecule has 0 radical (unpaired) electrons. The zero-order valence-corrected chi connectivity index (χ0v) is 23.3. The minimum atomic E-state index is -3.92. The Balaban J connectivity index is 0.000000646.